The average Bonchev–Trinajstić information content (AvgIpc) is 2.06. The Bertz CT molecular complexity index is 397. The second-order valence-electron chi connectivity index (χ2n) is 2.11. The van der Waals surface area contributed by atoms with Gasteiger partial charge in [0.2, 0.25) is 0 Å². The van der Waals surface area contributed by atoms with Crippen LogP contribution >= 0.6 is 0 Å². The molecule has 1 rings (SSSR count). The summed E-state index contributed by atoms with van der Waals surface area (Å²) in [5.41, 5.74) is 0. The number of sulfone groups is 1. The minimum atomic E-state index is -3.50. The molecule has 0 saturated carbocycles. The van der Waals surface area contributed by atoms with E-state index in [9.17, 15) is 8.42 Å². The molecule has 0 amide bonds. The molecule has 62 valence electrons. The average molecular weight is 194 g/mol. The first-order valence-corrected chi connectivity index (χ1v) is 4.74. The Morgan fingerprint density at radius 3 is 2.07 bits per heavy atom. The van der Waals surface area contributed by atoms with Crippen molar-refractivity contribution in [2.75, 3.05) is 0 Å². The molecule has 14 heavy (non-hydrogen) atoms. The first-order valence-electron chi connectivity index (χ1n) is 3.20. The van der Waals surface area contributed by atoms with Crippen LogP contribution in [-0.2, 0) is 9.84 Å². The summed E-state index contributed by atoms with van der Waals surface area (Å²) in [6.07, 6.45) is 0. The predicted molar refractivity (Wildman–Crippen MR) is 43.5 cm³/mol. The summed E-state index contributed by atoms with van der Waals surface area (Å²) in [4.78, 5) is 0.145. The maximum absolute atomic E-state index is 11.2. The van der Waals surface area contributed by atoms with Crippen LogP contribution in [0.25, 0.3) is 0 Å². The van der Waals surface area contributed by atoms with Crippen molar-refractivity contribution in [2.24, 2.45) is 0 Å². The van der Waals surface area contributed by atoms with Crippen molar-refractivity contribution in [3.05, 3.63) is 36.1 Å². The monoisotopic (exact) mass is 194 g/mol. The van der Waals surface area contributed by atoms with E-state index in [1.54, 1.807) is 18.2 Å². The van der Waals surface area contributed by atoms with Gasteiger partial charge in [0.1, 0.15) is 0 Å². The van der Waals surface area contributed by atoms with Gasteiger partial charge in [-0.15, -0.1) is 0 Å². The van der Waals surface area contributed by atoms with E-state index < -0.39 is 9.84 Å². The summed E-state index contributed by atoms with van der Waals surface area (Å²) in [5, 5.41) is 8.18. The predicted octanol–water partition coefficient (Wildman–Crippen LogP) is -4.85. The van der Waals surface area contributed by atoms with Crippen LogP contribution in [-0.4, -0.2) is 8.42 Å². The van der Waals surface area contributed by atoms with E-state index in [0.717, 1.165) is 0 Å². The Hall–Kier alpha value is -0.275. The van der Waals surface area contributed by atoms with Crippen molar-refractivity contribution >= 4 is 9.84 Å². The molecule has 0 fully saturated rings. The summed E-state index contributed by atoms with van der Waals surface area (Å²) >= 11 is 0. The Morgan fingerprint density at radius 1 is 1.14 bits per heavy atom. The van der Waals surface area contributed by atoms with E-state index in [1.807, 2.05) is 0 Å². The molecule has 0 aliphatic carbocycles. The van der Waals surface area contributed by atoms with E-state index in [1.165, 1.54) is 18.2 Å². The molecule has 0 aliphatic rings. The molecule has 0 spiro atoms. The standard InChI is InChI=1S/C8H6NO2S.2Li/c9-6-7-12(10,11)8-4-2-1-3-5-8;;/h1-5,7H;;/q-1;2*+1. The third kappa shape index (κ3) is 4.29. The summed E-state index contributed by atoms with van der Waals surface area (Å²) in [6, 6.07) is 9.32. The van der Waals surface area contributed by atoms with Crippen molar-refractivity contribution in [2.45, 2.75) is 4.90 Å². The first kappa shape index (κ1) is 16.2. The zero-order valence-electron chi connectivity index (χ0n) is 8.14. The van der Waals surface area contributed by atoms with Crippen LogP contribution in [0, 0.1) is 17.1 Å². The van der Waals surface area contributed by atoms with Gasteiger partial charge >= 0.3 is 37.7 Å². The fourth-order valence-corrected chi connectivity index (χ4v) is 1.56. The summed E-state index contributed by atoms with van der Waals surface area (Å²) in [5.74, 6) is 0.627. The Balaban J connectivity index is 0. The number of rotatable bonds is 2. The van der Waals surface area contributed by atoms with Gasteiger partial charge in [0.25, 0.3) is 0 Å². The molecule has 0 unspecified atom stereocenters. The van der Waals surface area contributed by atoms with Crippen molar-refractivity contribution in [1.29, 1.82) is 5.26 Å². The Kier molecular flexibility index (Phi) is 8.17. The normalized spacial score (nSPS) is 8.79. The molecule has 0 atom stereocenters. The molecule has 3 nitrogen and oxygen atoms in total. The van der Waals surface area contributed by atoms with E-state index in [0.29, 0.717) is 5.75 Å². The van der Waals surface area contributed by atoms with E-state index in [4.69, 9.17) is 5.26 Å². The van der Waals surface area contributed by atoms with Gasteiger partial charge in [0.05, 0.1) is 9.84 Å². The second-order valence-corrected chi connectivity index (χ2v) is 3.90. The number of nitrogens with zero attached hydrogens (tertiary/aromatic N) is 1. The number of hydrogen-bond acceptors (Lipinski definition) is 3. The van der Waals surface area contributed by atoms with Gasteiger partial charge in [-0.25, -0.2) is 5.26 Å². The second kappa shape index (κ2) is 7.07. The summed E-state index contributed by atoms with van der Waals surface area (Å²) < 4.78 is 22.3. The van der Waals surface area contributed by atoms with Crippen molar-refractivity contribution in [3.63, 3.8) is 0 Å². The molecular formula is C8H6Li2NO2S+. The van der Waals surface area contributed by atoms with Crippen LogP contribution in [0.5, 0.6) is 0 Å². The van der Waals surface area contributed by atoms with Crippen LogP contribution in [0.15, 0.2) is 35.2 Å². The minimum absolute atomic E-state index is 0. The zero-order valence-corrected chi connectivity index (χ0v) is 8.95. The van der Waals surface area contributed by atoms with Gasteiger partial charge in [-0.2, -0.15) is 5.75 Å². The fourth-order valence-electron chi connectivity index (χ4n) is 0.748. The number of hydrogen-bond donors (Lipinski definition) is 0. The fraction of sp³-hybridized carbons (Fsp3) is 0. The molecule has 1 aromatic carbocycles. The molecule has 0 aliphatic heterocycles. The van der Waals surface area contributed by atoms with Crippen molar-refractivity contribution in [3.8, 4) is 6.07 Å². The van der Waals surface area contributed by atoms with Crippen LogP contribution in [0.1, 0.15) is 0 Å². The quantitative estimate of drug-likeness (QED) is 0.350. The van der Waals surface area contributed by atoms with Crippen molar-refractivity contribution < 1.29 is 46.1 Å². The van der Waals surface area contributed by atoms with Crippen molar-refractivity contribution in [1.82, 2.24) is 0 Å². The summed E-state index contributed by atoms with van der Waals surface area (Å²) in [7, 11) is -3.50. The largest absolute Gasteiger partial charge is 1.00 e. The van der Waals surface area contributed by atoms with Gasteiger partial charge in [0.15, 0.2) is 0 Å². The molecule has 0 bridgehead atoms. The van der Waals surface area contributed by atoms with E-state index in [2.05, 4.69) is 0 Å². The third-order valence-electron chi connectivity index (χ3n) is 1.28. The topological polar surface area (TPSA) is 57.9 Å². The van der Waals surface area contributed by atoms with Crippen LogP contribution in [0.3, 0.4) is 0 Å². The first-order chi connectivity index (χ1) is 5.67. The molecule has 6 heteroatoms. The minimum Gasteiger partial charge on any atom is -0.253 e. The molecule has 0 saturated heterocycles. The van der Waals surface area contributed by atoms with Crippen LogP contribution in [0.4, 0.5) is 0 Å². The maximum atomic E-state index is 11.2. The zero-order chi connectivity index (χ0) is 9.03. The SMILES string of the molecule is N#C[CH-]S(=O)(=O)c1ccccc1.[Li+].[Li+]. The van der Waals surface area contributed by atoms with Crippen LogP contribution < -0.4 is 37.7 Å². The number of nitriles is 1. The van der Waals surface area contributed by atoms with Gasteiger partial charge in [-0.05, 0) is 12.1 Å². The molecule has 0 radical (unpaired) electrons. The maximum Gasteiger partial charge on any atom is 1.00 e. The van der Waals surface area contributed by atoms with Gasteiger partial charge < -0.3 is 0 Å². The molecule has 0 heterocycles. The third-order valence-corrected chi connectivity index (χ3v) is 2.62. The van der Waals surface area contributed by atoms with Gasteiger partial charge in [-0.3, -0.25) is 8.42 Å². The molecule has 0 aromatic heterocycles. The van der Waals surface area contributed by atoms with Gasteiger partial charge in [0, 0.05) is 4.90 Å². The van der Waals surface area contributed by atoms with E-state index >= 15 is 0 Å². The van der Waals surface area contributed by atoms with Gasteiger partial charge in [-0.1, -0.05) is 24.3 Å². The Morgan fingerprint density at radius 2 is 1.64 bits per heavy atom. The van der Waals surface area contributed by atoms with E-state index in [-0.39, 0.29) is 42.6 Å². The molecular weight excluding hydrogens is 188 g/mol. The molecule has 1 aromatic rings. The van der Waals surface area contributed by atoms with Crippen LogP contribution in [0.2, 0.25) is 0 Å². The Labute approximate surface area is 108 Å². The molecule has 0 N–H and O–H groups in total. The summed E-state index contributed by atoms with van der Waals surface area (Å²) in [6.45, 7) is 0. The number of benzene rings is 1. The smallest absolute Gasteiger partial charge is 0.253 e.